The minimum Gasteiger partial charge on any atom is -0.325 e. The molecule has 2 amide bonds. The highest BCUT2D eigenvalue weighted by Gasteiger charge is 2.42. The summed E-state index contributed by atoms with van der Waals surface area (Å²) in [6.07, 6.45) is 0. The molecule has 3 aromatic carbocycles. The Bertz CT molecular complexity index is 1340. The van der Waals surface area contributed by atoms with E-state index in [-0.39, 0.29) is 17.6 Å². The number of fused-ring (bicyclic) bond motifs is 3. The molecule has 0 radical (unpaired) electrons. The predicted molar refractivity (Wildman–Crippen MR) is 138 cm³/mol. The number of rotatable bonds is 4. The number of para-hydroxylation sites is 1. The van der Waals surface area contributed by atoms with Crippen molar-refractivity contribution in [2.45, 2.75) is 26.8 Å². The second-order valence-electron chi connectivity index (χ2n) is 8.48. The van der Waals surface area contributed by atoms with E-state index in [0.29, 0.717) is 11.0 Å². The molecule has 3 aromatic rings. The lowest BCUT2D eigenvalue weighted by Gasteiger charge is -2.31. The summed E-state index contributed by atoms with van der Waals surface area (Å²) in [5, 5.41) is 3.63. The number of thioether (sulfide) groups is 1. The van der Waals surface area contributed by atoms with E-state index in [0.717, 1.165) is 39.2 Å². The van der Waals surface area contributed by atoms with E-state index in [1.54, 1.807) is 0 Å². The number of carbonyl (C=O) groups is 2. The molecular formula is C27H24N4O2S. The summed E-state index contributed by atoms with van der Waals surface area (Å²) in [5.74, 6) is 0.383. The third-order valence-corrected chi connectivity index (χ3v) is 6.85. The Morgan fingerprint density at radius 3 is 2.38 bits per heavy atom. The van der Waals surface area contributed by atoms with Crippen LogP contribution < -0.4 is 5.32 Å². The Kier molecular flexibility index (Phi) is 5.79. The topological polar surface area (TPSA) is 74.1 Å². The molecule has 0 bridgehead atoms. The zero-order chi connectivity index (χ0) is 23.8. The highest BCUT2D eigenvalue weighted by molar-refractivity contribution is 8.14. The van der Waals surface area contributed by atoms with Gasteiger partial charge in [-0.1, -0.05) is 71.9 Å². The van der Waals surface area contributed by atoms with E-state index in [1.807, 2.05) is 80.3 Å². The molecule has 170 valence electrons. The summed E-state index contributed by atoms with van der Waals surface area (Å²) in [4.78, 5) is 37.0. The Balaban J connectivity index is 1.43. The first-order valence-corrected chi connectivity index (χ1v) is 12.1. The van der Waals surface area contributed by atoms with Gasteiger partial charge in [0, 0.05) is 11.3 Å². The van der Waals surface area contributed by atoms with Gasteiger partial charge in [0.2, 0.25) is 5.91 Å². The molecule has 0 saturated heterocycles. The van der Waals surface area contributed by atoms with Crippen LogP contribution in [-0.4, -0.2) is 33.5 Å². The normalized spacial score (nSPS) is 16.5. The summed E-state index contributed by atoms with van der Waals surface area (Å²) < 4.78 is 0. The number of amides is 2. The number of nitrogens with one attached hydrogen (secondary N) is 1. The summed E-state index contributed by atoms with van der Waals surface area (Å²) in [7, 11) is 0. The fourth-order valence-corrected chi connectivity index (χ4v) is 5.30. The van der Waals surface area contributed by atoms with E-state index >= 15 is 0 Å². The Hall–Kier alpha value is -3.71. The van der Waals surface area contributed by atoms with Crippen molar-refractivity contribution < 1.29 is 9.59 Å². The number of carbonyl (C=O) groups excluding carboxylic acids is 2. The van der Waals surface area contributed by atoms with E-state index in [4.69, 9.17) is 4.99 Å². The lowest BCUT2D eigenvalue weighted by atomic mass is 10.0. The molecule has 1 N–H and O–H groups in total. The molecule has 2 aliphatic heterocycles. The van der Waals surface area contributed by atoms with Crippen molar-refractivity contribution >= 4 is 46.0 Å². The highest BCUT2D eigenvalue weighted by atomic mass is 32.2. The van der Waals surface area contributed by atoms with Crippen LogP contribution in [0.25, 0.3) is 0 Å². The largest absolute Gasteiger partial charge is 0.325 e. The van der Waals surface area contributed by atoms with Crippen LogP contribution in [0.4, 0.5) is 11.4 Å². The van der Waals surface area contributed by atoms with Crippen molar-refractivity contribution in [3.8, 4) is 0 Å². The minimum absolute atomic E-state index is 0.123. The van der Waals surface area contributed by atoms with Crippen LogP contribution in [0.3, 0.4) is 0 Å². The fraction of sp³-hybridized carbons (Fsp3) is 0.185. The molecule has 0 spiro atoms. The van der Waals surface area contributed by atoms with Gasteiger partial charge < -0.3 is 5.32 Å². The molecule has 1 atom stereocenters. The van der Waals surface area contributed by atoms with Crippen LogP contribution >= 0.6 is 11.8 Å². The zero-order valence-corrected chi connectivity index (χ0v) is 20.0. The molecule has 6 nitrogen and oxygen atoms in total. The predicted octanol–water partition coefficient (Wildman–Crippen LogP) is 5.31. The van der Waals surface area contributed by atoms with Gasteiger partial charge in [0.1, 0.15) is 11.9 Å². The number of amidine groups is 2. The lowest BCUT2D eigenvalue weighted by Crippen LogP contribution is -2.39. The maximum Gasteiger partial charge on any atom is 0.275 e. The van der Waals surface area contributed by atoms with E-state index < -0.39 is 6.04 Å². The van der Waals surface area contributed by atoms with E-state index in [2.05, 4.69) is 22.4 Å². The minimum atomic E-state index is -0.597. The maximum atomic E-state index is 13.0. The second kappa shape index (κ2) is 8.91. The SMILES string of the molecule is Cc1cc(C)c(NC(=O)CSC2=Nc3ccccc3C3=NC(=O)C(c4ccccc4)N23)c(C)c1. The average molecular weight is 469 g/mol. The first-order valence-electron chi connectivity index (χ1n) is 11.1. The average Bonchev–Trinajstić information content (AvgIpc) is 3.17. The molecule has 34 heavy (non-hydrogen) atoms. The van der Waals surface area contributed by atoms with Gasteiger partial charge in [-0.2, -0.15) is 4.99 Å². The van der Waals surface area contributed by atoms with E-state index in [9.17, 15) is 9.59 Å². The Morgan fingerprint density at radius 1 is 0.971 bits per heavy atom. The summed E-state index contributed by atoms with van der Waals surface area (Å²) >= 11 is 1.31. The first kappa shape index (κ1) is 22.1. The maximum absolute atomic E-state index is 13.0. The molecule has 2 heterocycles. The van der Waals surface area contributed by atoms with Gasteiger partial charge in [-0.3, -0.25) is 14.5 Å². The number of aliphatic imine (C=N–C) groups is 2. The first-order chi connectivity index (χ1) is 16.4. The molecule has 2 aliphatic rings. The number of hydrogen-bond acceptors (Lipinski definition) is 5. The highest BCUT2D eigenvalue weighted by Crippen LogP contribution is 2.39. The molecular weight excluding hydrogens is 444 g/mol. The van der Waals surface area contributed by atoms with Crippen molar-refractivity contribution in [2.24, 2.45) is 9.98 Å². The fourth-order valence-electron chi connectivity index (χ4n) is 4.47. The second-order valence-corrected chi connectivity index (χ2v) is 9.42. The molecule has 5 rings (SSSR count). The molecule has 7 heteroatoms. The Labute approximate surface area is 202 Å². The number of anilines is 1. The van der Waals surface area contributed by atoms with Crippen LogP contribution in [0.1, 0.15) is 33.9 Å². The van der Waals surface area contributed by atoms with Crippen molar-refractivity contribution in [2.75, 3.05) is 11.1 Å². The van der Waals surface area contributed by atoms with Gasteiger partial charge >= 0.3 is 0 Å². The molecule has 0 aromatic heterocycles. The van der Waals surface area contributed by atoms with Gasteiger partial charge in [0.05, 0.1) is 11.4 Å². The number of hydrogen-bond donors (Lipinski definition) is 1. The van der Waals surface area contributed by atoms with Crippen LogP contribution in [0.5, 0.6) is 0 Å². The van der Waals surface area contributed by atoms with Gasteiger partial charge in [-0.05, 0) is 49.6 Å². The molecule has 0 fully saturated rings. The third-order valence-electron chi connectivity index (χ3n) is 5.89. The van der Waals surface area contributed by atoms with Crippen molar-refractivity contribution in [1.29, 1.82) is 0 Å². The monoisotopic (exact) mass is 468 g/mol. The van der Waals surface area contributed by atoms with Crippen LogP contribution in [0.2, 0.25) is 0 Å². The third kappa shape index (κ3) is 4.03. The summed E-state index contributed by atoms with van der Waals surface area (Å²) in [6, 6.07) is 20.7. The smallest absolute Gasteiger partial charge is 0.275 e. The van der Waals surface area contributed by atoms with Crippen molar-refractivity contribution in [1.82, 2.24) is 4.90 Å². The van der Waals surface area contributed by atoms with Gasteiger partial charge in [0.15, 0.2) is 5.17 Å². The summed E-state index contributed by atoms with van der Waals surface area (Å²) in [5.41, 5.74) is 6.46. The van der Waals surface area contributed by atoms with Gasteiger partial charge in [-0.15, -0.1) is 0 Å². The zero-order valence-electron chi connectivity index (χ0n) is 19.2. The quantitative estimate of drug-likeness (QED) is 0.563. The number of nitrogens with zero attached hydrogens (tertiary/aromatic N) is 3. The molecule has 0 aliphatic carbocycles. The molecule has 0 saturated carbocycles. The van der Waals surface area contributed by atoms with Crippen LogP contribution in [-0.2, 0) is 9.59 Å². The van der Waals surface area contributed by atoms with Gasteiger partial charge in [-0.25, -0.2) is 4.99 Å². The van der Waals surface area contributed by atoms with Crippen molar-refractivity contribution in [3.63, 3.8) is 0 Å². The van der Waals surface area contributed by atoms with Crippen LogP contribution in [0.15, 0.2) is 76.7 Å². The van der Waals surface area contributed by atoms with Crippen LogP contribution in [0, 0.1) is 20.8 Å². The van der Waals surface area contributed by atoms with Crippen molar-refractivity contribution in [3.05, 3.63) is 94.5 Å². The molecule has 1 unspecified atom stereocenters. The van der Waals surface area contributed by atoms with Gasteiger partial charge in [0.25, 0.3) is 5.91 Å². The Morgan fingerprint density at radius 2 is 1.65 bits per heavy atom. The number of benzene rings is 3. The summed E-state index contributed by atoms with van der Waals surface area (Å²) in [6.45, 7) is 6.03. The number of aryl methyl sites for hydroxylation is 3. The standard InChI is InChI=1S/C27H24N4O2S/c1-16-13-17(2)23(18(3)14-16)29-22(32)15-34-27-28-21-12-8-7-11-20(21)25-30-26(33)24(31(25)27)19-9-5-4-6-10-19/h4-14,24H,15H2,1-3H3,(H,29,32). The lowest BCUT2D eigenvalue weighted by molar-refractivity contribution is -0.119. The van der Waals surface area contributed by atoms with E-state index in [1.165, 1.54) is 11.8 Å².